The lowest BCUT2D eigenvalue weighted by Crippen LogP contribution is -2.44. The van der Waals surface area contributed by atoms with E-state index in [0.717, 1.165) is 51.3 Å². The molecule has 51 heavy (non-hydrogen) atoms. The van der Waals surface area contributed by atoms with E-state index in [9.17, 15) is 0 Å². The second-order valence-electron chi connectivity index (χ2n) is 12.5. The topological polar surface area (TPSA) is 0 Å². The molecule has 0 amide bonds. The van der Waals surface area contributed by atoms with Gasteiger partial charge in [0, 0.05) is 64.8 Å². The molecule has 0 bridgehead atoms. The van der Waals surface area contributed by atoms with Crippen LogP contribution in [0.4, 0.5) is 0 Å². The zero-order chi connectivity index (χ0) is 36.7. The minimum atomic E-state index is -1.01. The molecule has 0 atom stereocenters. The lowest BCUT2D eigenvalue weighted by Gasteiger charge is -2.50. The van der Waals surface area contributed by atoms with Gasteiger partial charge >= 0.3 is 0 Å². The maximum absolute atomic E-state index is 7.29. The van der Waals surface area contributed by atoms with Crippen molar-refractivity contribution in [1.29, 1.82) is 0 Å². The summed E-state index contributed by atoms with van der Waals surface area (Å²) in [6.45, 7) is 2.18. The first-order valence-electron chi connectivity index (χ1n) is 15.6. The van der Waals surface area contributed by atoms with Gasteiger partial charge in [-0.05, 0) is 113 Å². The Kier molecular flexibility index (Phi) is 12.7. The van der Waals surface area contributed by atoms with Gasteiger partial charge in [-0.25, -0.2) is 0 Å². The number of halogens is 10. The molecular weight excluding hydrogens is 1020 g/mol. The summed E-state index contributed by atoms with van der Waals surface area (Å²) in [6, 6.07) is 39.4. The third-order valence-corrected chi connectivity index (χ3v) is 13.6. The molecule has 0 aliphatic heterocycles. The fraction of sp³-hybridized carbons (Fsp3) is 0.122. The van der Waals surface area contributed by atoms with Crippen molar-refractivity contribution in [1.82, 2.24) is 0 Å². The van der Waals surface area contributed by atoms with E-state index in [0.29, 0.717) is 36.6 Å². The number of rotatable bonds is 9. The summed E-state index contributed by atoms with van der Waals surface area (Å²) in [4.78, 5) is 0. The molecule has 0 N–H and O–H groups in total. The van der Waals surface area contributed by atoms with Gasteiger partial charge in [0.05, 0.1) is 0 Å². The van der Waals surface area contributed by atoms with Gasteiger partial charge in [-0.1, -0.05) is 189 Å². The Morgan fingerprint density at radius 1 is 0.471 bits per heavy atom. The van der Waals surface area contributed by atoms with Crippen LogP contribution in [0.5, 0.6) is 0 Å². The highest BCUT2D eigenvalue weighted by Gasteiger charge is 2.53. The van der Waals surface area contributed by atoms with Crippen molar-refractivity contribution in [3.8, 4) is 0 Å². The fourth-order valence-electron chi connectivity index (χ4n) is 7.33. The van der Waals surface area contributed by atoms with Gasteiger partial charge in [0.1, 0.15) is 0 Å². The van der Waals surface area contributed by atoms with E-state index in [2.05, 4.69) is 107 Å². The normalized spacial score (nSPS) is 12.1. The Balaban J connectivity index is 1.91. The van der Waals surface area contributed by atoms with E-state index < -0.39 is 16.7 Å². The average Bonchev–Trinajstić information content (AvgIpc) is 3.05. The van der Waals surface area contributed by atoms with Crippen LogP contribution in [-0.4, -0.2) is 0 Å². The fourth-order valence-corrected chi connectivity index (χ4v) is 12.3. The van der Waals surface area contributed by atoms with Gasteiger partial charge < -0.3 is 0 Å². The minimum Gasteiger partial charge on any atom is -0.0843 e. The molecule has 0 nitrogen and oxygen atoms in total. The lowest BCUT2D eigenvalue weighted by atomic mass is 9.53. The van der Waals surface area contributed by atoms with E-state index in [1.165, 1.54) is 0 Å². The molecule has 0 heterocycles. The van der Waals surface area contributed by atoms with Gasteiger partial charge in [-0.15, -0.1) is 0 Å². The van der Waals surface area contributed by atoms with Crippen molar-refractivity contribution in [2.45, 2.75) is 30.1 Å². The van der Waals surface area contributed by atoms with Crippen LogP contribution in [0.25, 0.3) is 0 Å². The second kappa shape index (κ2) is 16.4. The Bertz CT molecular complexity index is 2030. The predicted octanol–water partition coefficient (Wildman–Crippen LogP) is 17.2. The van der Waals surface area contributed by atoms with Crippen LogP contribution in [0.15, 0.2) is 139 Å². The van der Waals surface area contributed by atoms with Crippen molar-refractivity contribution in [2.24, 2.45) is 0 Å². The van der Waals surface area contributed by atoms with Gasteiger partial charge in [-0.3, -0.25) is 0 Å². The Labute approximate surface area is 362 Å². The molecule has 10 heteroatoms. The zero-order valence-corrected chi connectivity index (χ0v) is 37.5. The summed E-state index contributed by atoms with van der Waals surface area (Å²) in [7, 11) is 0. The second-order valence-corrected chi connectivity index (χ2v) is 18.4. The van der Waals surface area contributed by atoms with Gasteiger partial charge in [0.25, 0.3) is 0 Å². The van der Waals surface area contributed by atoms with Gasteiger partial charge in [0.15, 0.2) is 0 Å². The van der Waals surface area contributed by atoms with Crippen LogP contribution in [0.1, 0.15) is 52.6 Å². The molecule has 0 saturated heterocycles. The quantitative estimate of drug-likeness (QED) is 0.135. The summed E-state index contributed by atoms with van der Waals surface area (Å²) in [5.41, 5.74) is 3.56. The highest BCUT2D eigenvalue weighted by atomic mass is 79.9. The molecule has 0 aliphatic carbocycles. The molecule has 0 aromatic heterocycles. The van der Waals surface area contributed by atoms with Crippen molar-refractivity contribution >= 4 is 133 Å². The van der Waals surface area contributed by atoms with E-state index in [1.807, 2.05) is 72.8 Å². The van der Waals surface area contributed by atoms with Crippen molar-refractivity contribution < 1.29 is 0 Å². The van der Waals surface area contributed by atoms with Crippen LogP contribution >= 0.6 is 133 Å². The molecule has 0 aliphatic rings. The molecule has 0 fully saturated rings. The van der Waals surface area contributed by atoms with E-state index in [1.54, 1.807) is 12.1 Å². The van der Waals surface area contributed by atoms with Crippen molar-refractivity contribution in [3.63, 3.8) is 0 Å². The Hall–Kier alpha value is -1.02. The van der Waals surface area contributed by atoms with Crippen LogP contribution in [0.3, 0.4) is 0 Å². The molecule has 0 saturated carbocycles. The van der Waals surface area contributed by atoms with Crippen molar-refractivity contribution in [3.05, 3.63) is 203 Å². The summed E-state index contributed by atoms with van der Waals surface area (Å²) in [6.07, 6.45) is 0.400. The molecular formula is C41H26Br4Cl6. The summed E-state index contributed by atoms with van der Waals surface area (Å²) in [5, 5.41) is 3.19. The highest BCUT2D eigenvalue weighted by Crippen LogP contribution is 2.62. The first-order valence-corrected chi connectivity index (χ1v) is 21.0. The molecule has 0 unspecified atom stereocenters. The third-order valence-electron chi connectivity index (χ3n) is 9.37. The summed E-state index contributed by atoms with van der Waals surface area (Å²) in [5.74, 6) is -0.492. The van der Waals surface area contributed by atoms with Crippen LogP contribution in [0.2, 0.25) is 30.1 Å². The molecule has 0 spiro atoms. The van der Waals surface area contributed by atoms with Crippen LogP contribution < -0.4 is 0 Å². The summed E-state index contributed by atoms with van der Waals surface area (Å²) < 4.78 is 3.50. The van der Waals surface area contributed by atoms with Gasteiger partial charge in [0.2, 0.25) is 0 Å². The Morgan fingerprint density at radius 2 is 0.804 bits per heavy atom. The Morgan fingerprint density at radius 3 is 1.14 bits per heavy atom. The highest BCUT2D eigenvalue weighted by molar-refractivity contribution is 9.11. The molecule has 0 radical (unpaired) electrons. The molecule has 260 valence electrons. The van der Waals surface area contributed by atoms with Crippen molar-refractivity contribution in [2.75, 3.05) is 0 Å². The van der Waals surface area contributed by atoms with Crippen LogP contribution in [0, 0.1) is 0 Å². The number of benzene rings is 6. The molecule has 6 aromatic rings. The monoisotopic (exact) mass is 1040 g/mol. The number of hydrogen-bond acceptors (Lipinski definition) is 0. The van der Waals surface area contributed by atoms with Gasteiger partial charge in [-0.2, -0.15) is 0 Å². The minimum absolute atomic E-state index is 0.400. The lowest BCUT2D eigenvalue weighted by molar-refractivity contribution is 0.333. The summed E-state index contributed by atoms with van der Waals surface area (Å²) >= 11 is 57.9. The standard InChI is InChI=1S/C41H26Br4Cl6/c1-40(23-16-25(46)20-26(47)17-23,24-18-27(48)21-28(49)19-24)22-41(38-31(42)10-6-11-32(38)43,39-33(44)12-7-13-34(39)45)37(29-8-2-4-14-35(29)50)30-9-3-5-15-36(30)51/h2-21,37H,22H2,1H3. The number of hydrogen-bond donors (Lipinski definition) is 0. The van der Waals surface area contributed by atoms with Crippen LogP contribution in [-0.2, 0) is 10.8 Å². The molecule has 6 aromatic carbocycles. The largest absolute Gasteiger partial charge is 0.0843 e. The van der Waals surface area contributed by atoms with E-state index >= 15 is 0 Å². The smallest absolute Gasteiger partial charge is 0.0444 e. The van der Waals surface area contributed by atoms with E-state index in [4.69, 9.17) is 69.6 Å². The maximum atomic E-state index is 7.29. The maximum Gasteiger partial charge on any atom is 0.0444 e. The predicted molar refractivity (Wildman–Crippen MR) is 233 cm³/mol. The first kappa shape index (κ1) is 39.7. The SMILES string of the molecule is CC(CC(c1c(Br)cccc1Br)(c1c(Br)cccc1Br)C(c1ccccc1Cl)c1ccccc1Cl)(c1cc(Cl)cc(Cl)c1)c1cc(Cl)cc(Cl)c1. The zero-order valence-electron chi connectivity index (χ0n) is 26.6. The third kappa shape index (κ3) is 7.90. The average molecular weight is 1050 g/mol. The first-order chi connectivity index (χ1) is 24.3. The molecule has 6 rings (SSSR count). The van der Waals surface area contributed by atoms with E-state index in [-0.39, 0.29) is 0 Å².